The normalized spacial score (nSPS) is 19.8. The van der Waals surface area contributed by atoms with Crippen molar-refractivity contribution in [2.45, 2.75) is 57.4 Å². The minimum absolute atomic E-state index is 0.0546. The molecule has 3 aliphatic rings. The zero-order valence-electron chi connectivity index (χ0n) is 20.2. The molecule has 0 radical (unpaired) electrons. The molecule has 1 atom stereocenters. The predicted molar refractivity (Wildman–Crippen MR) is 131 cm³/mol. The number of anilines is 1. The van der Waals surface area contributed by atoms with Gasteiger partial charge in [0.05, 0.1) is 30.8 Å². The van der Waals surface area contributed by atoms with Crippen LogP contribution in [0.15, 0.2) is 36.5 Å². The van der Waals surface area contributed by atoms with Crippen LogP contribution in [0, 0.1) is 16.7 Å². The Bertz CT molecular complexity index is 1380. The second-order valence-electron chi connectivity index (χ2n) is 10.5. The number of pyridine rings is 1. The van der Waals surface area contributed by atoms with E-state index in [1.807, 2.05) is 30.0 Å². The van der Waals surface area contributed by atoms with Gasteiger partial charge in [-0.25, -0.2) is 4.98 Å². The molecule has 0 N–H and O–H groups in total. The monoisotopic (exact) mass is 527 g/mol. The van der Waals surface area contributed by atoms with Gasteiger partial charge in [0.25, 0.3) is 0 Å². The summed E-state index contributed by atoms with van der Waals surface area (Å²) in [6.07, 6.45) is -1.91. The number of aromatic nitrogens is 4. The van der Waals surface area contributed by atoms with Gasteiger partial charge in [-0.3, -0.25) is 9.47 Å². The van der Waals surface area contributed by atoms with Crippen molar-refractivity contribution in [3.8, 4) is 11.8 Å². The van der Waals surface area contributed by atoms with E-state index in [-0.39, 0.29) is 22.9 Å². The van der Waals surface area contributed by atoms with E-state index in [9.17, 15) is 18.4 Å². The Labute approximate surface area is 217 Å². The third-order valence-electron chi connectivity index (χ3n) is 7.82. The number of halogens is 4. The zero-order chi connectivity index (χ0) is 25.9. The Morgan fingerprint density at radius 3 is 2.70 bits per heavy atom. The van der Waals surface area contributed by atoms with Crippen LogP contribution in [0.3, 0.4) is 0 Å². The zero-order valence-corrected chi connectivity index (χ0v) is 21.0. The van der Waals surface area contributed by atoms with Crippen LogP contribution < -0.4 is 4.90 Å². The fourth-order valence-electron chi connectivity index (χ4n) is 6.08. The summed E-state index contributed by atoms with van der Waals surface area (Å²) in [5.41, 5.74) is 2.27. The molecule has 11 heteroatoms. The molecule has 1 unspecified atom stereocenters. The average Bonchev–Trinajstić information content (AvgIpc) is 3.11. The fourth-order valence-corrected chi connectivity index (χ4v) is 6.27. The highest BCUT2D eigenvalue weighted by Gasteiger charge is 2.55. The van der Waals surface area contributed by atoms with Gasteiger partial charge in [0.2, 0.25) is 0 Å². The van der Waals surface area contributed by atoms with E-state index in [1.54, 1.807) is 12.3 Å². The highest BCUT2D eigenvalue weighted by atomic mass is 35.5. The number of benzene rings is 1. The van der Waals surface area contributed by atoms with Crippen molar-refractivity contribution in [3.05, 3.63) is 64.3 Å². The van der Waals surface area contributed by atoms with Crippen LogP contribution in [0.4, 0.5) is 19.0 Å². The van der Waals surface area contributed by atoms with Crippen LogP contribution in [0.25, 0.3) is 5.69 Å². The Hall–Kier alpha value is -3.16. The maximum atomic E-state index is 13.0. The largest absolute Gasteiger partial charge is 0.393 e. The van der Waals surface area contributed by atoms with Gasteiger partial charge in [0, 0.05) is 47.8 Å². The maximum absolute atomic E-state index is 13.0. The lowest BCUT2D eigenvalue weighted by atomic mass is 9.57. The summed E-state index contributed by atoms with van der Waals surface area (Å²) in [6.45, 7) is 4.33. The van der Waals surface area contributed by atoms with E-state index in [2.05, 4.69) is 30.7 Å². The molecule has 0 amide bonds. The SMILES string of the molecule is CC(C#N)N1Cc2cc(Cl)ccc2-n2c(nnc2C2CC3(C2)CN(c2ncccc2CC(F)(F)F)C3)C1. The first kappa shape index (κ1) is 24.2. The second-order valence-corrected chi connectivity index (χ2v) is 11.0. The molecular formula is C26H25ClF3N7. The summed E-state index contributed by atoms with van der Waals surface area (Å²) in [4.78, 5) is 8.29. The predicted octanol–water partition coefficient (Wildman–Crippen LogP) is 5.03. The molecule has 2 aliphatic heterocycles. The molecule has 4 heterocycles. The lowest BCUT2D eigenvalue weighted by Gasteiger charge is -2.59. The van der Waals surface area contributed by atoms with E-state index < -0.39 is 12.6 Å². The van der Waals surface area contributed by atoms with Gasteiger partial charge >= 0.3 is 6.18 Å². The van der Waals surface area contributed by atoms with Crippen molar-refractivity contribution < 1.29 is 13.2 Å². The Balaban J connectivity index is 1.22. The van der Waals surface area contributed by atoms with E-state index >= 15 is 0 Å². The first-order valence-corrected chi connectivity index (χ1v) is 12.6. The first-order valence-electron chi connectivity index (χ1n) is 12.3. The van der Waals surface area contributed by atoms with Crippen LogP contribution in [-0.4, -0.2) is 50.0 Å². The smallest absolute Gasteiger partial charge is 0.355 e. The molecule has 2 aromatic heterocycles. The molecule has 0 bridgehead atoms. The number of nitrogens with zero attached hydrogens (tertiary/aromatic N) is 7. The van der Waals surface area contributed by atoms with E-state index in [0.29, 0.717) is 37.0 Å². The first-order chi connectivity index (χ1) is 17.6. The third-order valence-corrected chi connectivity index (χ3v) is 8.06. The van der Waals surface area contributed by atoms with Crippen LogP contribution in [0.2, 0.25) is 5.02 Å². The highest BCUT2D eigenvalue weighted by Crippen LogP contribution is 2.57. The van der Waals surface area contributed by atoms with Crippen molar-refractivity contribution in [3.63, 3.8) is 0 Å². The number of hydrogen-bond acceptors (Lipinski definition) is 6. The summed E-state index contributed by atoms with van der Waals surface area (Å²) in [6, 6.07) is 10.9. The standard InChI is InChI=1S/C26H25ClF3N7/c1-16(11-31)35-12-18-7-20(27)4-5-21(18)37-22(13-35)33-34-24(37)19-8-25(9-19)14-36(15-25)23-17(3-2-6-32-23)10-26(28,29)30/h2-7,16,19H,8-10,12-15H2,1H3. The molecule has 192 valence electrons. The van der Waals surface area contributed by atoms with Crippen LogP contribution in [0.5, 0.6) is 0 Å². The fraction of sp³-hybridized carbons (Fsp3) is 0.462. The Kier molecular flexibility index (Phi) is 5.69. The number of nitriles is 1. The number of rotatable bonds is 4. The Morgan fingerprint density at radius 2 is 1.97 bits per heavy atom. The molecule has 7 nitrogen and oxygen atoms in total. The quantitative estimate of drug-likeness (QED) is 0.474. The molecular weight excluding hydrogens is 503 g/mol. The highest BCUT2D eigenvalue weighted by molar-refractivity contribution is 6.30. The molecule has 1 aromatic carbocycles. The number of fused-ring (bicyclic) bond motifs is 3. The summed E-state index contributed by atoms with van der Waals surface area (Å²) < 4.78 is 41.2. The lowest BCUT2D eigenvalue weighted by Crippen LogP contribution is -2.62. The van der Waals surface area contributed by atoms with Gasteiger partial charge in [-0.2, -0.15) is 18.4 Å². The summed E-state index contributed by atoms with van der Waals surface area (Å²) >= 11 is 6.31. The summed E-state index contributed by atoms with van der Waals surface area (Å²) in [7, 11) is 0. The van der Waals surface area contributed by atoms with Gasteiger partial charge < -0.3 is 4.90 Å². The number of hydrogen-bond donors (Lipinski definition) is 0. The van der Waals surface area contributed by atoms with Crippen molar-refractivity contribution >= 4 is 17.4 Å². The minimum Gasteiger partial charge on any atom is -0.355 e. The molecule has 1 saturated heterocycles. The van der Waals surface area contributed by atoms with Gasteiger partial charge in [-0.1, -0.05) is 17.7 Å². The third kappa shape index (κ3) is 4.34. The van der Waals surface area contributed by atoms with E-state index in [1.165, 1.54) is 6.07 Å². The van der Waals surface area contributed by atoms with Crippen molar-refractivity contribution in [2.24, 2.45) is 5.41 Å². The van der Waals surface area contributed by atoms with Crippen molar-refractivity contribution in [1.29, 1.82) is 5.26 Å². The van der Waals surface area contributed by atoms with Gasteiger partial charge in [-0.15, -0.1) is 10.2 Å². The van der Waals surface area contributed by atoms with Crippen molar-refractivity contribution in [2.75, 3.05) is 18.0 Å². The van der Waals surface area contributed by atoms with Crippen LogP contribution in [0.1, 0.15) is 48.5 Å². The summed E-state index contributed by atoms with van der Waals surface area (Å²) in [5, 5.41) is 19.2. The molecule has 37 heavy (non-hydrogen) atoms. The average molecular weight is 528 g/mol. The van der Waals surface area contributed by atoms with Crippen molar-refractivity contribution in [1.82, 2.24) is 24.6 Å². The second kappa shape index (κ2) is 8.71. The minimum atomic E-state index is -4.27. The molecule has 6 rings (SSSR count). The molecule has 2 fully saturated rings. The molecule has 3 aromatic rings. The van der Waals surface area contributed by atoms with Gasteiger partial charge in [0.15, 0.2) is 5.82 Å². The molecule has 1 aliphatic carbocycles. The lowest BCUT2D eigenvalue weighted by molar-refractivity contribution is -0.127. The maximum Gasteiger partial charge on any atom is 0.393 e. The van der Waals surface area contributed by atoms with E-state index in [0.717, 1.165) is 35.7 Å². The van der Waals surface area contributed by atoms with Gasteiger partial charge in [-0.05, 0) is 49.6 Å². The van der Waals surface area contributed by atoms with E-state index in [4.69, 9.17) is 11.6 Å². The van der Waals surface area contributed by atoms with Crippen LogP contribution in [-0.2, 0) is 19.5 Å². The van der Waals surface area contributed by atoms with Gasteiger partial charge in [0.1, 0.15) is 11.6 Å². The molecule has 1 saturated carbocycles. The number of alkyl halides is 3. The Morgan fingerprint density at radius 1 is 1.19 bits per heavy atom. The molecule has 1 spiro atoms. The topological polar surface area (TPSA) is 73.9 Å². The van der Waals surface area contributed by atoms with Crippen LogP contribution >= 0.6 is 11.6 Å². The summed E-state index contributed by atoms with van der Waals surface area (Å²) in [5.74, 6) is 2.32.